The summed E-state index contributed by atoms with van der Waals surface area (Å²) in [5.74, 6) is 2.75. The second kappa shape index (κ2) is 8.53. The molecule has 0 unspecified atom stereocenters. The van der Waals surface area contributed by atoms with Crippen LogP contribution in [0.25, 0.3) is 0 Å². The van der Waals surface area contributed by atoms with Crippen LogP contribution in [0.4, 0.5) is 0 Å². The van der Waals surface area contributed by atoms with Gasteiger partial charge in [-0.05, 0) is 24.3 Å². The topological polar surface area (TPSA) is 29.5 Å². The van der Waals surface area contributed by atoms with Crippen molar-refractivity contribution in [1.29, 1.82) is 0 Å². The number of rotatable bonds is 2. The summed E-state index contributed by atoms with van der Waals surface area (Å²) < 4.78 is 0. The van der Waals surface area contributed by atoms with Crippen LogP contribution in [0.15, 0.2) is 0 Å². The molecule has 4 heteroatoms. The van der Waals surface area contributed by atoms with Crippen molar-refractivity contribution in [2.24, 2.45) is 5.92 Å². The lowest BCUT2D eigenvalue weighted by atomic mass is 10.1. The first-order chi connectivity index (χ1) is 6.20. The molecule has 1 heterocycles. The third kappa shape index (κ3) is 8.28. The van der Waals surface area contributed by atoms with Crippen LogP contribution in [-0.4, -0.2) is 44.1 Å². The van der Waals surface area contributed by atoms with Crippen LogP contribution >= 0.6 is 11.8 Å². The Morgan fingerprint density at radius 2 is 1.85 bits per heavy atom. The molecule has 0 amide bonds. The zero-order chi connectivity index (χ0) is 10.1. The van der Waals surface area contributed by atoms with Gasteiger partial charge in [-0.2, -0.15) is 16.8 Å². The smallest absolute Gasteiger partial charge is 0.123 e. The standard InChI is InChI=1S/C6H10OS.C3H9NO/c7-5-6-1-3-8-4-2-6;1-4(2)5-3/h5-6H,1-4H2;1-3H3. The average molecular weight is 205 g/mol. The van der Waals surface area contributed by atoms with Gasteiger partial charge in [0.05, 0.1) is 7.11 Å². The molecule has 0 aromatic carbocycles. The van der Waals surface area contributed by atoms with Crippen LogP contribution in [0.5, 0.6) is 0 Å². The molecule has 0 bridgehead atoms. The van der Waals surface area contributed by atoms with E-state index in [-0.39, 0.29) is 0 Å². The van der Waals surface area contributed by atoms with E-state index in [9.17, 15) is 4.79 Å². The summed E-state index contributed by atoms with van der Waals surface area (Å²) in [6, 6.07) is 0. The minimum absolute atomic E-state index is 0.385. The Labute approximate surface area is 84.8 Å². The van der Waals surface area contributed by atoms with Crippen molar-refractivity contribution in [2.45, 2.75) is 12.8 Å². The molecule has 0 aromatic heterocycles. The van der Waals surface area contributed by atoms with Crippen molar-refractivity contribution in [3.63, 3.8) is 0 Å². The lowest BCUT2D eigenvalue weighted by Gasteiger charge is -2.14. The first-order valence-electron chi connectivity index (χ1n) is 4.45. The normalized spacial score (nSPS) is 17.8. The predicted octanol–water partition coefficient (Wildman–Crippen LogP) is 1.44. The lowest BCUT2D eigenvalue weighted by molar-refractivity contribution is -0.111. The highest BCUT2D eigenvalue weighted by atomic mass is 32.2. The van der Waals surface area contributed by atoms with Gasteiger partial charge in [-0.1, -0.05) is 0 Å². The fraction of sp³-hybridized carbons (Fsp3) is 0.889. The van der Waals surface area contributed by atoms with Crippen LogP contribution < -0.4 is 0 Å². The van der Waals surface area contributed by atoms with E-state index in [4.69, 9.17) is 0 Å². The Morgan fingerprint density at radius 3 is 2.08 bits per heavy atom. The number of carbonyl (C=O) groups excluding carboxylic acids is 1. The van der Waals surface area contributed by atoms with Gasteiger partial charge in [0, 0.05) is 20.0 Å². The average Bonchev–Trinajstić information content (AvgIpc) is 2.20. The molecule has 1 aliphatic rings. The molecule has 1 fully saturated rings. The molecule has 0 saturated carbocycles. The van der Waals surface area contributed by atoms with Gasteiger partial charge in [0.1, 0.15) is 6.29 Å². The molecule has 0 N–H and O–H groups in total. The van der Waals surface area contributed by atoms with Crippen molar-refractivity contribution in [3.8, 4) is 0 Å². The Balaban J connectivity index is 0.000000252. The maximum absolute atomic E-state index is 10.2. The SMILES string of the molecule is CON(C)C.O=CC1CCSCC1. The minimum Gasteiger partial charge on any atom is -0.303 e. The molecular formula is C9H19NO2S. The largest absolute Gasteiger partial charge is 0.303 e. The molecular weight excluding hydrogens is 186 g/mol. The fourth-order valence-corrected chi connectivity index (χ4v) is 1.99. The Kier molecular flexibility index (Phi) is 8.49. The van der Waals surface area contributed by atoms with Crippen LogP contribution in [0.1, 0.15) is 12.8 Å². The van der Waals surface area contributed by atoms with E-state index >= 15 is 0 Å². The summed E-state index contributed by atoms with van der Waals surface area (Å²) in [5, 5.41) is 1.62. The predicted molar refractivity (Wildman–Crippen MR) is 56.8 cm³/mol. The second-order valence-corrected chi connectivity index (χ2v) is 4.31. The van der Waals surface area contributed by atoms with Gasteiger partial charge >= 0.3 is 0 Å². The first-order valence-corrected chi connectivity index (χ1v) is 5.60. The van der Waals surface area contributed by atoms with Crippen molar-refractivity contribution in [1.82, 2.24) is 5.06 Å². The minimum atomic E-state index is 0.385. The molecule has 13 heavy (non-hydrogen) atoms. The number of thioether (sulfide) groups is 1. The number of nitrogens with zero attached hydrogens (tertiary/aromatic N) is 1. The number of carbonyl (C=O) groups is 1. The Morgan fingerprint density at radius 1 is 1.38 bits per heavy atom. The second-order valence-electron chi connectivity index (χ2n) is 3.08. The fourth-order valence-electron chi connectivity index (χ4n) is 0.852. The highest BCUT2D eigenvalue weighted by molar-refractivity contribution is 7.99. The van der Waals surface area contributed by atoms with Crippen LogP contribution in [0.2, 0.25) is 0 Å². The number of aldehydes is 1. The number of hydroxylamine groups is 2. The van der Waals surface area contributed by atoms with Gasteiger partial charge in [0.2, 0.25) is 0 Å². The monoisotopic (exact) mass is 205 g/mol. The Bertz CT molecular complexity index is 125. The van der Waals surface area contributed by atoms with Gasteiger partial charge in [-0.15, -0.1) is 0 Å². The van der Waals surface area contributed by atoms with Crippen molar-refractivity contribution < 1.29 is 9.63 Å². The van der Waals surface area contributed by atoms with Gasteiger partial charge in [-0.3, -0.25) is 0 Å². The van der Waals surface area contributed by atoms with Gasteiger partial charge < -0.3 is 9.63 Å². The van der Waals surface area contributed by atoms with E-state index in [1.54, 1.807) is 12.2 Å². The van der Waals surface area contributed by atoms with E-state index in [1.165, 1.54) is 11.5 Å². The number of hydrogen-bond acceptors (Lipinski definition) is 4. The van der Waals surface area contributed by atoms with Crippen molar-refractivity contribution in [2.75, 3.05) is 32.7 Å². The first kappa shape index (κ1) is 12.9. The third-order valence-electron chi connectivity index (χ3n) is 1.82. The molecule has 1 saturated heterocycles. The van der Waals surface area contributed by atoms with Crippen molar-refractivity contribution in [3.05, 3.63) is 0 Å². The molecule has 0 atom stereocenters. The lowest BCUT2D eigenvalue weighted by Crippen LogP contribution is -2.09. The molecule has 78 valence electrons. The summed E-state index contributed by atoms with van der Waals surface area (Å²) in [6.45, 7) is 0. The van der Waals surface area contributed by atoms with Gasteiger partial charge in [0.15, 0.2) is 0 Å². The van der Waals surface area contributed by atoms with Gasteiger partial charge in [0.25, 0.3) is 0 Å². The zero-order valence-electron chi connectivity index (χ0n) is 8.66. The van der Waals surface area contributed by atoms with E-state index in [0.29, 0.717) is 5.92 Å². The summed E-state index contributed by atoms with van der Waals surface area (Å²) in [6.07, 6.45) is 3.31. The third-order valence-corrected chi connectivity index (χ3v) is 2.87. The zero-order valence-corrected chi connectivity index (χ0v) is 9.47. The van der Waals surface area contributed by atoms with E-state index < -0.39 is 0 Å². The number of hydrogen-bond donors (Lipinski definition) is 0. The maximum atomic E-state index is 10.2. The summed E-state index contributed by atoms with van der Waals surface area (Å²) in [7, 11) is 5.29. The van der Waals surface area contributed by atoms with Crippen LogP contribution in [0.3, 0.4) is 0 Å². The quantitative estimate of drug-likeness (QED) is 0.504. The van der Waals surface area contributed by atoms with Gasteiger partial charge in [-0.25, -0.2) is 0 Å². The van der Waals surface area contributed by atoms with E-state index in [2.05, 4.69) is 4.84 Å². The van der Waals surface area contributed by atoms with E-state index in [0.717, 1.165) is 19.1 Å². The van der Waals surface area contributed by atoms with Crippen LogP contribution in [-0.2, 0) is 9.63 Å². The Hall–Kier alpha value is -0.0600. The molecule has 1 aliphatic heterocycles. The van der Waals surface area contributed by atoms with Crippen LogP contribution in [0, 0.1) is 5.92 Å². The molecule has 0 radical (unpaired) electrons. The summed E-state index contributed by atoms with van der Waals surface area (Å²) in [5.41, 5.74) is 0. The van der Waals surface area contributed by atoms with E-state index in [1.807, 2.05) is 25.9 Å². The highest BCUT2D eigenvalue weighted by Crippen LogP contribution is 2.20. The molecule has 0 aromatic rings. The highest BCUT2D eigenvalue weighted by Gasteiger charge is 2.10. The molecule has 3 nitrogen and oxygen atoms in total. The maximum Gasteiger partial charge on any atom is 0.123 e. The molecule has 0 aliphatic carbocycles. The molecule has 1 rings (SSSR count). The van der Waals surface area contributed by atoms with Crippen molar-refractivity contribution >= 4 is 18.0 Å². The summed E-state index contributed by atoms with van der Waals surface area (Å²) >= 11 is 1.96. The molecule has 0 spiro atoms. The summed E-state index contributed by atoms with van der Waals surface area (Å²) in [4.78, 5) is 14.7.